The molecule has 154 valence electrons. The van der Waals surface area contributed by atoms with E-state index >= 15 is 0 Å². The fourth-order valence-electron chi connectivity index (χ4n) is 4.10. The Morgan fingerprint density at radius 1 is 0.774 bits per heavy atom. The molecule has 0 N–H and O–H groups in total. The van der Waals surface area contributed by atoms with Crippen LogP contribution in [0.25, 0.3) is 6.08 Å². The van der Waals surface area contributed by atoms with Gasteiger partial charge in [0.05, 0.1) is 6.04 Å². The Labute approximate surface area is 183 Å². The van der Waals surface area contributed by atoms with Crippen LogP contribution in [0.2, 0.25) is 0 Å². The summed E-state index contributed by atoms with van der Waals surface area (Å²) < 4.78 is 0. The third-order valence-electron chi connectivity index (χ3n) is 5.66. The predicted molar refractivity (Wildman–Crippen MR) is 123 cm³/mol. The van der Waals surface area contributed by atoms with E-state index in [4.69, 9.17) is 0 Å². The van der Waals surface area contributed by atoms with Crippen LogP contribution in [0.3, 0.4) is 0 Å². The van der Waals surface area contributed by atoms with E-state index < -0.39 is 0 Å². The fourth-order valence-corrected chi connectivity index (χ4v) is 4.10. The summed E-state index contributed by atoms with van der Waals surface area (Å²) in [7, 11) is 0. The first-order valence-corrected chi connectivity index (χ1v) is 10.6. The molecule has 4 rings (SSSR count). The van der Waals surface area contributed by atoms with Crippen LogP contribution in [0, 0.1) is 11.3 Å². The van der Waals surface area contributed by atoms with E-state index in [1.54, 1.807) is 11.0 Å². The Kier molecular flexibility index (Phi) is 6.56. The Balaban J connectivity index is 1.49. The van der Waals surface area contributed by atoms with Crippen LogP contribution in [0.15, 0.2) is 96.6 Å². The van der Waals surface area contributed by atoms with Crippen molar-refractivity contribution in [3.05, 3.63) is 113 Å². The molecule has 3 aromatic rings. The van der Waals surface area contributed by atoms with Crippen LogP contribution in [-0.2, 0) is 4.79 Å². The van der Waals surface area contributed by atoms with Gasteiger partial charge in [-0.15, -0.1) is 0 Å². The van der Waals surface area contributed by atoms with Crippen LogP contribution < -0.4 is 0 Å². The van der Waals surface area contributed by atoms with Gasteiger partial charge in [0.15, 0.2) is 0 Å². The molecule has 0 aromatic heterocycles. The molecule has 3 aromatic carbocycles. The second-order valence-corrected chi connectivity index (χ2v) is 7.63. The lowest BCUT2D eigenvalue weighted by atomic mass is 9.96. The van der Waals surface area contributed by atoms with E-state index in [-0.39, 0.29) is 17.5 Å². The SMILES string of the molecule is N#C/C(=C\c1ccccc1)C(=O)N1CCN(C(c2ccccc2)c2ccccc2)CC1. The molecular weight excluding hydrogens is 382 g/mol. The number of piperazine rings is 1. The summed E-state index contributed by atoms with van der Waals surface area (Å²) in [6.45, 7) is 2.71. The minimum absolute atomic E-state index is 0.148. The topological polar surface area (TPSA) is 47.3 Å². The second-order valence-electron chi connectivity index (χ2n) is 7.63. The summed E-state index contributed by atoms with van der Waals surface area (Å²) in [6, 6.07) is 32.7. The van der Waals surface area contributed by atoms with Crippen LogP contribution >= 0.6 is 0 Å². The first kappa shape index (κ1) is 20.6. The molecule has 4 heteroatoms. The van der Waals surface area contributed by atoms with Crippen molar-refractivity contribution in [1.29, 1.82) is 5.26 Å². The number of nitriles is 1. The lowest BCUT2D eigenvalue weighted by molar-refractivity contribution is -0.128. The van der Waals surface area contributed by atoms with Gasteiger partial charge < -0.3 is 4.90 Å². The average Bonchev–Trinajstić information content (AvgIpc) is 2.85. The molecule has 1 fully saturated rings. The lowest BCUT2D eigenvalue weighted by Gasteiger charge is -2.39. The Morgan fingerprint density at radius 3 is 1.74 bits per heavy atom. The minimum atomic E-state index is -0.193. The lowest BCUT2D eigenvalue weighted by Crippen LogP contribution is -2.50. The standard InChI is InChI=1S/C27H25N3O/c28-21-25(20-22-10-4-1-5-11-22)27(31)30-18-16-29(17-19-30)26(23-12-6-2-7-13-23)24-14-8-3-9-15-24/h1-15,20,26H,16-19H2/b25-20+. The molecule has 1 aliphatic rings. The third-order valence-corrected chi connectivity index (χ3v) is 5.66. The number of hydrogen-bond acceptors (Lipinski definition) is 3. The Bertz CT molecular complexity index is 1020. The van der Waals surface area contributed by atoms with Crippen molar-refractivity contribution in [3.8, 4) is 6.07 Å². The van der Waals surface area contributed by atoms with Crippen LogP contribution in [0.4, 0.5) is 0 Å². The predicted octanol–water partition coefficient (Wildman–Crippen LogP) is 4.53. The minimum Gasteiger partial charge on any atom is -0.335 e. The number of carbonyl (C=O) groups is 1. The van der Waals surface area contributed by atoms with Gasteiger partial charge in [-0.3, -0.25) is 9.69 Å². The molecule has 0 bridgehead atoms. The first-order valence-electron chi connectivity index (χ1n) is 10.6. The number of carbonyl (C=O) groups excluding carboxylic acids is 1. The molecule has 1 aliphatic heterocycles. The number of rotatable bonds is 5. The number of benzene rings is 3. The molecule has 0 unspecified atom stereocenters. The molecule has 0 radical (unpaired) electrons. The highest BCUT2D eigenvalue weighted by atomic mass is 16.2. The van der Waals surface area contributed by atoms with Crippen LogP contribution in [-0.4, -0.2) is 41.9 Å². The van der Waals surface area contributed by atoms with Gasteiger partial charge in [-0.2, -0.15) is 5.26 Å². The van der Waals surface area contributed by atoms with Crippen molar-refractivity contribution < 1.29 is 4.79 Å². The summed E-state index contributed by atoms with van der Waals surface area (Å²) in [6.07, 6.45) is 1.67. The monoisotopic (exact) mass is 407 g/mol. The van der Waals surface area contributed by atoms with Crippen molar-refractivity contribution in [2.45, 2.75) is 6.04 Å². The molecule has 4 nitrogen and oxygen atoms in total. The summed E-state index contributed by atoms with van der Waals surface area (Å²) >= 11 is 0. The maximum Gasteiger partial charge on any atom is 0.264 e. The highest BCUT2D eigenvalue weighted by Crippen LogP contribution is 2.29. The molecule has 31 heavy (non-hydrogen) atoms. The van der Waals surface area contributed by atoms with Crippen molar-refractivity contribution in [2.24, 2.45) is 0 Å². The largest absolute Gasteiger partial charge is 0.335 e. The van der Waals surface area contributed by atoms with Gasteiger partial charge >= 0.3 is 0 Å². The van der Waals surface area contributed by atoms with E-state index in [9.17, 15) is 10.1 Å². The van der Waals surface area contributed by atoms with Crippen LogP contribution in [0.1, 0.15) is 22.7 Å². The molecule has 0 atom stereocenters. The van der Waals surface area contributed by atoms with E-state index in [1.807, 2.05) is 42.5 Å². The third kappa shape index (κ3) is 4.91. The molecule has 1 saturated heterocycles. The highest BCUT2D eigenvalue weighted by molar-refractivity contribution is 6.01. The molecule has 1 heterocycles. The highest BCUT2D eigenvalue weighted by Gasteiger charge is 2.29. The average molecular weight is 408 g/mol. The van der Waals surface area contributed by atoms with Gasteiger partial charge in [0.25, 0.3) is 5.91 Å². The first-order chi connectivity index (χ1) is 15.3. The van der Waals surface area contributed by atoms with Crippen LogP contribution in [0.5, 0.6) is 0 Å². The van der Waals surface area contributed by atoms with Crippen molar-refractivity contribution in [1.82, 2.24) is 9.80 Å². The molecule has 0 aliphatic carbocycles. The zero-order chi connectivity index (χ0) is 21.5. The molecule has 0 spiro atoms. The van der Waals surface area contributed by atoms with Gasteiger partial charge in [-0.1, -0.05) is 91.0 Å². The maximum absolute atomic E-state index is 13.0. The van der Waals surface area contributed by atoms with Gasteiger partial charge in [0, 0.05) is 26.2 Å². The fraction of sp³-hybridized carbons (Fsp3) is 0.185. The van der Waals surface area contributed by atoms with Gasteiger partial charge in [0.2, 0.25) is 0 Å². The van der Waals surface area contributed by atoms with E-state index in [0.717, 1.165) is 18.7 Å². The quantitative estimate of drug-likeness (QED) is 0.461. The maximum atomic E-state index is 13.0. The summed E-state index contributed by atoms with van der Waals surface area (Å²) in [5.41, 5.74) is 3.53. The summed E-state index contributed by atoms with van der Waals surface area (Å²) in [5, 5.41) is 9.55. The van der Waals surface area contributed by atoms with Gasteiger partial charge in [0.1, 0.15) is 11.6 Å². The Morgan fingerprint density at radius 2 is 1.26 bits per heavy atom. The second kappa shape index (κ2) is 9.88. The summed E-state index contributed by atoms with van der Waals surface area (Å²) in [5.74, 6) is -0.193. The zero-order valence-electron chi connectivity index (χ0n) is 17.4. The van der Waals surface area contributed by atoms with E-state index in [2.05, 4.69) is 59.5 Å². The van der Waals surface area contributed by atoms with Crippen molar-refractivity contribution >= 4 is 12.0 Å². The number of hydrogen-bond donors (Lipinski definition) is 0. The van der Waals surface area contributed by atoms with Crippen molar-refractivity contribution in [3.63, 3.8) is 0 Å². The van der Waals surface area contributed by atoms with Gasteiger partial charge in [-0.05, 0) is 22.8 Å². The van der Waals surface area contributed by atoms with Crippen molar-refractivity contribution in [2.75, 3.05) is 26.2 Å². The Hall–Kier alpha value is -3.68. The smallest absolute Gasteiger partial charge is 0.264 e. The molecular formula is C27H25N3O. The zero-order valence-corrected chi connectivity index (χ0v) is 17.4. The normalized spacial score (nSPS) is 15.0. The molecule has 0 saturated carbocycles. The molecule has 1 amide bonds. The summed E-state index contributed by atoms with van der Waals surface area (Å²) in [4.78, 5) is 17.2. The van der Waals surface area contributed by atoms with E-state index in [0.29, 0.717) is 13.1 Å². The van der Waals surface area contributed by atoms with Gasteiger partial charge in [-0.25, -0.2) is 0 Å². The number of amides is 1. The van der Waals surface area contributed by atoms with E-state index in [1.165, 1.54) is 11.1 Å². The number of nitrogens with zero attached hydrogens (tertiary/aromatic N) is 3.